The van der Waals surface area contributed by atoms with Crippen molar-refractivity contribution in [2.75, 3.05) is 19.7 Å². The second-order valence-electron chi connectivity index (χ2n) is 5.24. The first-order valence-electron chi connectivity index (χ1n) is 7.08. The zero-order chi connectivity index (χ0) is 15.2. The molecule has 1 aromatic carbocycles. The zero-order valence-corrected chi connectivity index (χ0v) is 12.2. The number of hydrogen-bond donors (Lipinski definition) is 2. The largest absolute Gasteiger partial charge is 0.484 e. The van der Waals surface area contributed by atoms with E-state index in [1.54, 1.807) is 4.90 Å². The highest BCUT2D eigenvalue weighted by atomic mass is 16.5. The van der Waals surface area contributed by atoms with Gasteiger partial charge in [-0.3, -0.25) is 15.0 Å². The molecule has 1 saturated heterocycles. The molecule has 2 rings (SSSR count). The van der Waals surface area contributed by atoms with Gasteiger partial charge < -0.3 is 9.64 Å². The maximum atomic E-state index is 12.2. The van der Waals surface area contributed by atoms with Crippen LogP contribution >= 0.6 is 0 Å². The number of nitrogens with two attached hydrogens (primary N) is 1. The normalized spacial score (nSPS) is 18.2. The van der Waals surface area contributed by atoms with Gasteiger partial charge in [0.1, 0.15) is 5.75 Å². The number of hydrazine groups is 1. The second-order valence-corrected chi connectivity index (χ2v) is 5.24. The Morgan fingerprint density at radius 2 is 2.19 bits per heavy atom. The van der Waals surface area contributed by atoms with E-state index in [2.05, 4.69) is 5.43 Å². The Morgan fingerprint density at radius 1 is 1.43 bits per heavy atom. The van der Waals surface area contributed by atoms with E-state index >= 15 is 0 Å². The predicted octanol–water partition coefficient (Wildman–Crippen LogP) is 0.602. The summed E-state index contributed by atoms with van der Waals surface area (Å²) in [4.78, 5) is 25.4. The summed E-state index contributed by atoms with van der Waals surface area (Å²) in [5.41, 5.74) is 3.14. The van der Waals surface area contributed by atoms with Gasteiger partial charge in [-0.05, 0) is 31.4 Å². The van der Waals surface area contributed by atoms with Gasteiger partial charge in [0.2, 0.25) is 5.91 Å². The van der Waals surface area contributed by atoms with Crippen LogP contribution < -0.4 is 16.0 Å². The molecule has 6 nitrogen and oxygen atoms in total. The standard InChI is InChI=1S/C15H21N3O3/c1-11-5-2-3-7-13(11)21-10-14(19)18-8-4-6-12(9-18)15(20)17-16/h2-3,5,7,12H,4,6,8-10,16H2,1H3,(H,17,20). The number of carbonyl (C=O) groups excluding carboxylic acids is 2. The number of rotatable bonds is 4. The van der Waals surface area contributed by atoms with Crippen molar-refractivity contribution in [3.05, 3.63) is 29.8 Å². The van der Waals surface area contributed by atoms with Crippen molar-refractivity contribution in [2.45, 2.75) is 19.8 Å². The molecular weight excluding hydrogens is 270 g/mol. The van der Waals surface area contributed by atoms with Gasteiger partial charge in [0, 0.05) is 13.1 Å². The molecule has 1 fully saturated rings. The Morgan fingerprint density at radius 3 is 2.90 bits per heavy atom. The van der Waals surface area contributed by atoms with E-state index in [0.29, 0.717) is 18.8 Å². The SMILES string of the molecule is Cc1ccccc1OCC(=O)N1CCCC(C(=O)NN)C1. The molecule has 1 aliphatic heterocycles. The summed E-state index contributed by atoms with van der Waals surface area (Å²) >= 11 is 0. The lowest BCUT2D eigenvalue weighted by Gasteiger charge is -2.31. The molecule has 0 aliphatic carbocycles. The molecule has 114 valence electrons. The van der Waals surface area contributed by atoms with Crippen molar-refractivity contribution in [3.63, 3.8) is 0 Å². The van der Waals surface area contributed by atoms with Gasteiger partial charge in [0.15, 0.2) is 6.61 Å². The van der Waals surface area contributed by atoms with E-state index in [0.717, 1.165) is 18.4 Å². The molecule has 0 saturated carbocycles. The smallest absolute Gasteiger partial charge is 0.260 e. The van der Waals surface area contributed by atoms with E-state index in [1.807, 2.05) is 31.2 Å². The number of para-hydroxylation sites is 1. The van der Waals surface area contributed by atoms with Crippen LogP contribution in [0.2, 0.25) is 0 Å². The number of carbonyl (C=O) groups is 2. The summed E-state index contributed by atoms with van der Waals surface area (Å²) < 4.78 is 5.56. The van der Waals surface area contributed by atoms with E-state index in [1.165, 1.54) is 0 Å². The zero-order valence-electron chi connectivity index (χ0n) is 12.2. The number of aryl methyl sites for hydroxylation is 1. The third-order valence-electron chi connectivity index (χ3n) is 3.73. The molecule has 0 radical (unpaired) electrons. The van der Waals surface area contributed by atoms with Crippen LogP contribution in [0.15, 0.2) is 24.3 Å². The van der Waals surface area contributed by atoms with Gasteiger partial charge in [-0.2, -0.15) is 0 Å². The molecular formula is C15H21N3O3. The number of likely N-dealkylation sites (tertiary alicyclic amines) is 1. The summed E-state index contributed by atoms with van der Waals surface area (Å²) in [7, 11) is 0. The maximum absolute atomic E-state index is 12.2. The van der Waals surface area contributed by atoms with Crippen molar-refractivity contribution < 1.29 is 14.3 Å². The third-order valence-corrected chi connectivity index (χ3v) is 3.73. The van der Waals surface area contributed by atoms with Gasteiger partial charge in [0.25, 0.3) is 5.91 Å². The molecule has 0 aromatic heterocycles. The average molecular weight is 291 g/mol. The molecule has 1 aromatic rings. The molecule has 0 spiro atoms. The van der Waals surface area contributed by atoms with Crippen LogP contribution in [0.4, 0.5) is 0 Å². The summed E-state index contributed by atoms with van der Waals surface area (Å²) in [6, 6.07) is 7.56. The molecule has 2 amide bonds. The average Bonchev–Trinajstić information content (AvgIpc) is 2.53. The van der Waals surface area contributed by atoms with Crippen molar-refractivity contribution >= 4 is 11.8 Å². The fourth-order valence-electron chi connectivity index (χ4n) is 2.48. The Kier molecular flexibility index (Phi) is 5.16. The molecule has 21 heavy (non-hydrogen) atoms. The first kappa shape index (κ1) is 15.3. The van der Waals surface area contributed by atoms with Gasteiger partial charge in [0.05, 0.1) is 5.92 Å². The van der Waals surface area contributed by atoms with Crippen LogP contribution in [0.3, 0.4) is 0 Å². The lowest BCUT2D eigenvalue weighted by Crippen LogP contribution is -2.48. The van der Waals surface area contributed by atoms with Gasteiger partial charge in [-0.15, -0.1) is 0 Å². The van der Waals surface area contributed by atoms with E-state index < -0.39 is 0 Å². The van der Waals surface area contributed by atoms with Crippen LogP contribution in [-0.4, -0.2) is 36.4 Å². The number of amides is 2. The van der Waals surface area contributed by atoms with Gasteiger partial charge in [-0.25, -0.2) is 5.84 Å². The minimum atomic E-state index is -0.230. The molecule has 1 aliphatic rings. The Labute approximate surface area is 124 Å². The predicted molar refractivity (Wildman–Crippen MR) is 78.3 cm³/mol. The number of ether oxygens (including phenoxy) is 1. The van der Waals surface area contributed by atoms with Crippen LogP contribution in [-0.2, 0) is 9.59 Å². The molecule has 0 bridgehead atoms. The number of benzene rings is 1. The van der Waals surface area contributed by atoms with E-state index in [4.69, 9.17) is 10.6 Å². The number of hydrogen-bond acceptors (Lipinski definition) is 4. The minimum Gasteiger partial charge on any atom is -0.484 e. The van der Waals surface area contributed by atoms with Crippen LogP contribution in [0.1, 0.15) is 18.4 Å². The van der Waals surface area contributed by atoms with Gasteiger partial charge in [-0.1, -0.05) is 18.2 Å². The molecule has 1 heterocycles. The first-order valence-corrected chi connectivity index (χ1v) is 7.08. The van der Waals surface area contributed by atoms with Crippen molar-refractivity contribution in [1.29, 1.82) is 0 Å². The second kappa shape index (κ2) is 7.08. The summed E-state index contributed by atoms with van der Waals surface area (Å²) in [6.45, 7) is 2.98. The summed E-state index contributed by atoms with van der Waals surface area (Å²) in [5.74, 6) is 5.31. The minimum absolute atomic E-state index is 0.0121. The quantitative estimate of drug-likeness (QED) is 0.483. The van der Waals surface area contributed by atoms with Crippen LogP contribution in [0.25, 0.3) is 0 Å². The summed E-state index contributed by atoms with van der Waals surface area (Å²) in [6.07, 6.45) is 1.56. The Balaban J connectivity index is 1.88. The molecule has 1 unspecified atom stereocenters. The van der Waals surface area contributed by atoms with E-state index in [9.17, 15) is 9.59 Å². The van der Waals surface area contributed by atoms with Crippen molar-refractivity contribution in [3.8, 4) is 5.75 Å². The van der Waals surface area contributed by atoms with Crippen molar-refractivity contribution in [2.24, 2.45) is 11.8 Å². The Bertz CT molecular complexity index is 519. The Hall–Kier alpha value is -2.08. The molecule has 6 heteroatoms. The maximum Gasteiger partial charge on any atom is 0.260 e. The number of nitrogens with one attached hydrogen (secondary N) is 1. The molecule has 3 N–H and O–H groups in total. The lowest BCUT2D eigenvalue weighted by atomic mass is 9.97. The fourth-order valence-corrected chi connectivity index (χ4v) is 2.48. The molecule has 1 atom stereocenters. The van der Waals surface area contributed by atoms with Crippen molar-refractivity contribution in [1.82, 2.24) is 10.3 Å². The number of nitrogens with zero attached hydrogens (tertiary/aromatic N) is 1. The third kappa shape index (κ3) is 3.95. The first-order chi connectivity index (χ1) is 10.1. The van der Waals surface area contributed by atoms with Gasteiger partial charge >= 0.3 is 0 Å². The highest BCUT2D eigenvalue weighted by Crippen LogP contribution is 2.18. The van der Waals surface area contributed by atoms with Crippen LogP contribution in [0, 0.1) is 12.8 Å². The van der Waals surface area contributed by atoms with Crippen LogP contribution in [0.5, 0.6) is 5.75 Å². The summed E-state index contributed by atoms with van der Waals surface area (Å²) in [5, 5.41) is 0. The van der Waals surface area contributed by atoms with E-state index in [-0.39, 0.29) is 24.3 Å². The topological polar surface area (TPSA) is 84.7 Å². The lowest BCUT2D eigenvalue weighted by molar-refractivity contribution is -0.137. The fraction of sp³-hybridized carbons (Fsp3) is 0.467. The monoisotopic (exact) mass is 291 g/mol. The highest BCUT2D eigenvalue weighted by molar-refractivity contribution is 5.81. The number of piperidine rings is 1. The highest BCUT2D eigenvalue weighted by Gasteiger charge is 2.28.